The Morgan fingerprint density at radius 2 is 2.11 bits per heavy atom. The van der Waals surface area contributed by atoms with Gasteiger partial charge in [0.05, 0.1) is 12.7 Å². The highest BCUT2D eigenvalue weighted by Crippen LogP contribution is 2.33. The van der Waals surface area contributed by atoms with Crippen LogP contribution in [0.15, 0.2) is 18.5 Å². The summed E-state index contributed by atoms with van der Waals surface area (Å²) < 4.78 is 44.4. The molecule has 0 amide bonds. The third-order valence-corrected chi connectivity index (χ3v) is 2.81. The molecule has 8 heteroatoms. The number of aromatic nitrogens is 2. The molecule has 4 nitrogen and oxygen atoms in total. The van der Waals surface area contributed by atoms with Gasteiger partial charge in [0.2, 0.25) is 0 Å². The molecule has 2 heterocycles. The molecule has 0 saturated heterocycles. The Bertz CT molecular complexity index is 621. The van der Waals surface area contributed by atoms with Gasteiger partial charge in [-0.25, -0.2) is 9.78 Å². The first-order valence-electron chi connectivity index (χ1n) is 4.66. The van der Waals surface area contributed by atoms with Crippen molar-refractivity contribution in [2.24, 2.45) is 0 Å². The number of hydrogen-bond acceptors (Lipinski definition) is 3. The quantitative estimate of drug-likeness (QED) is 0.573. The van der Waals surface area contributed by atoms with Gasteiger partial charge in [0.1, 0.15) is 5.65 Å². The number of alkyl halides is 3. The molecule has 0 aliphatic heterocycles. The third kappa shape index (κ3) is 2.28. The molecule has 0 saturated carbocycles. The number of rotatable bonds is 1. The van der Waals surface area contributed by atoms with E-state index >= 15 is 0 Å². The summed E-state index contributed by atoms with van der Waals surface area (Å²) >= 11 is 1.76. The van der Waals surface area contributed by atoms with Crippen LogP contribution in [0.3, 0.4) is 0 Å². The number of halogens is 4. The molecule has 2 aromatic heterocycles. The molecule has 0 fully saturated rings. The minimum atomic E-state index is -4.53. The van der Waals surface area contributed by atoms with Crippen molar-refractivity contribution in [3.8, 4) is 0 Å². The van der Waals surface area contributed by atoms with Gasteiger partial charge in [0, 0.05) is 16.0 Å². The van der Waals surface area contributed by atoms with E-state index in [0.717, 1.165) is 17.6 Å². The number of esters is 1. The van der Waals surface area contributed by atoms with Gasteiger partial charge >= 0.3 is 12.1 Å². The van der Waals surface area contributed by atoms with Crippen LogP contribution in [0.5, 0.6) is 0 Å². The first kappa shape index (κ1) is 13.1. The van der Waals surface area contributed by atoms with E-state index in [2.05, 4.69) is 9.72 Å². The maximum Gasteiger partial charge on any atom is 0.420 e. The number of imidazole rings is 1. The first-order valence-corrected chi connectivity index (χ1v) is 5.74. The minimum Gasteiger partial charge on any atom is -0.464 e. The number of methoxy groups -OCH3 is 1. The van der Waals surface area contributed by atoms with E-state index in [0.29, 0.717) is 3.57 Å². The van der Waals surface area contributed by atoms with E-state index in [9.17, 15) is 18.0 Å². The van der Waals surface area contributed by atoms with E-state index in [1.165, 1.54) is 12.4 Å². The van der Waals surface area contributed by atoms with E-state index in [4.69, 9.17) is 0 Å². The molecule has 0 bridgehead atoms. The molecule has 0 aromatic carbocycles. The van der Waals surface area contributed by atoms with Crippen LogP contribution in [-0.2, 0) is 10.9 Å². The molecule has 0 aliphatic rings. The van der Waals surface area contributed by atoms with E-state index in [1.807, 2.05) is 0 Å². The Morgan fingerprint density at radius 3 is 2.67 bits per heavy atom. The first-order chi connectivity index (χ1) is 8.32. The molecule has 0 N–H and O–H groups in total. The zero-order chi connectivity index (χ0) is 13.5. The summed E-state index contributed by atoms with van der Waals surface area (Å²) in [5, 5.41) is 0. The average Bonchev–Trinajstić information content (AvgIpc) is 2.68. The normalized spacial score (nSPS) is 11.8. The van der Waals surface area contributed by atoms with Gasteiger partial charge in [0.15, 0.2) is 5.69 Å². The summed E-state index contributed by atoms with van der Waals surface area (Å²) in [6.45, 7) is 0. The molecule has 0 spiro atoms. The summed E-state index contributed by atoms with van der Waals surface area (Å²) in [4.78, 5) is 14.9. The van der Waals surface area contributed by atoms with Gasteiger partial charge in [-0.3, -0.25) is 0 Å². The van der Waals surface area contributed by atoms with Gasteiger partial charge in [-0.05, 0) is 28.7 Å². The largest absolute Gasteiger partial charge is 0.464 e. The highest BCUT2D eigenvalue weighted by molar-refractivity contribution is 14.1. The predicted molar refractivity (Wildman–Crippen MR) is 64.3 cm³/mol. The van der Waals surface area contributed by atoms with Gasteiger partial charge in [-0.1, -0.05) is 0 Å². The summed E-state index contributed by atoms with van der Waals surface area (Å²) in [5.74, 6) is -0.776. The van der Waals surface area contributed by atoms with Crippen LogP contribution >= 0.6 is 22.6 Å². The molecule has 0 atom stereocenters. The van der Waals surface area contributed by atoms with Crippen LogP contribution in [0.4, 0.5) is 13.2 Å². The van der Waals surface area contributed by atoms with Crippen LogP contribution < -0.4 is 0 Å². The number of carbonyl (C=O) groups is 1. The summed E-state index contributed by atoms with van der Waals surface area (Å²) in [5.41, 5.74) is -1.36. The predicted octanol–water partition coefficient (Wildman–Crippen LogP) is 2.74. The topological polar surface area (TPSA) is 43.6 Å². The summed E-state index contributed by atoms with van der Waals surface area (Å²) in [7, 11) is 1.14. The lowest BCUT2D eigenvalue weighted by Crippen LogP contribution is -2.08. The molecule has 0 aliphatic carbocycles. The molecule has 2 aromatic rings. The van der Waals surface area contributed by atoms with E-state index in [1.54, 1.807) is 22.6 Å². The van der Waals surface area contributed by atoms with Crippen LogP contribution in [0, 0.1) is 3.57 Å². The molecular weight excluding hydrogens is 364 g/mol. The van der Waals surface area contributed by atoms with E-state index < -0.39 is 17.7 Å². The highest BCUT2D eigenvalue weighted by Gasteiger charge is 2.34. The third-order valence-electron chi connectivity index (χ3n) is 2.22. The molecule has 18 heavy (non-hydrogen) atoms. The zero-order valence-corrected chi connectivity index (χ0v) is 11.1. The maximum atomic E-state index is 12.8. The fourth-order valence-electron chi connectivity index (χ4n) is 1.48. The van der Waals surface area contributed by atoms with Crippen LogP contribution in [0.25, 0.3) is 5.65 Å². The van der Waals surface area contributed by atoms with E-state index in [-0.39, 0.29) is 11.3 Å². The lowest BCUT2D eigenvalue weighted by molar-refractivity contribution is -0.136. The number of pyridine rings is 1. The lowest BCUT2D eigenvalue weighted by atomic mass is 10.2. The SMILES string of the molecule is COC(=O)c1cn2cc(I)cc(C(F)(F)F)c2n1. The number of ether oxygens (including phenoxy) is 1. The van der Waals surface area contributed by atoms with Crippen LogP contribution in [0.1, 0.15) is 16.1 Å². The maximum absolute atomic E-state index is 12.8. The zero-order valence-electron chi connectivity index (χ0n) is 8.95. The number of nitrogens with zero attached hydrogens (tertiary/aromatic N) is 2. The number of carbonyl (C=O) groups excluding carboxylic acids is 1. The second kappa shape index (κ2) is 4.41. The second-order valence-corrected chi connectivity index (χ2v) is 4.66. The number of hydrogen-bond donors (Lipinski definition) is 0. The van der Waals surface area contributed by atoms with Crippen molar-refractivity contribution in [1.82, 2.24) is 9.38 Å². The van der Waals surface area contributed by atoms with Crippen molar-refractivity contribution < 1.29 is 22.7 Å². The smallest absolute Gasteiger partial charge is 0.420 e. The van der Waals surface area contributed by atoms with Gasteiger partial charge in [-0.15, -0.1) is 0 Å². The van der Waals surface area contributed by atoms with Gasteiger partial charge < -0.3 is 9.14 Å². The Labute approximate surface area is 113 Å². The number of fused-ring (bicyclic) bond motifs is 1. The molecule has 2 rings (SSSR count). The van der Waals surface area contributed by atoms with Gasteiger partial charge in [-0.2, -0.15) is 13.2 Å². The van der Waals surface area contributed by atoms with Crippen molar-refractivity contribution in [2.75, 3.05) is 7.11 Å². The fourth-order valence-corrected chi connectivity index (χ4v) is 2.09. The highest BCUT2D eigenvalue weighted by atomic mass is 127. The van der Waals surface area contributed by atoms with Crippen molar-refractivity contribution in [3.63, 3.8) is 0 Å². The summed E-state index contributed by atoms with van der Waals surface area (Å²) in [6.07, 6.45) is -1.87. The summed E-state index contributed by atoms with van der Waals surface area (Å²) in [6, 6.07) is 0.976. The molecule has 0 radical (unpaired) electrons. The Hall–Kier alpha value is -1.32. The van der Waals surface area contributed by atoms with Gasteiger partial charge in [0.25, 0.3) is 0 Å². The monoisotopic (exact) mass is 370 g/mol. The van der Waals surface area contributed by atoms with Crippen molar-refractivity contribution >= 4 is 34.2 Å². The van der Waals surface area contributed by atoms with Crippen molar-refractivity contribution in [2.45, 2.75) is 6.18 Å². The second-order valence-electron chi connectivity index (χ2n) is 3.42. The van der Waals surface area contributed by atoms with Crippen LogP contribution in [-0.4, -0.2) is 22.5 Å². The van der Waals surface area contributed by atoms with Crippen molar-refractivity contribution in [1.29, 1.82) is 0 Å². The minimum absolute atomic E-state index is 0.162. The molecular formula is C10H6F3IN2O2. The van der Waals surface area contributed by atoms with Crippen molar-refractivity contribution in [3.05, 3.63) is 33.3 Å². The molecule has 0 unspecified atom stereocenters. The fraction of sp³-hybridized carbons (Fsp3) is 0.200. The van der Waals surface area contributed by atoms with Crippen LogP contribution in [0.2, 0.25) is 0 Å². The molecule has 96 valence electrons. The Morgan fingerprint density at radius 1 is 1.44 bits per heavy atom. The average molecular weight is 370 g/mol. The Balaban J connectivity index is 2.72. The Kier molecular flexibility index (Phi) is 3.21. The standard InChI is InChI=1S/C10H6F3IN2O2/c1-18-9(17)7-4-16-3-5(14)2-6(8(16)15-7)10(11,12)13/h2-4H,1H3. The lowest BCUT2D eigenvalue weighted by Gasteiger charge is -2.08.